The fraction of sp³-hybridized carbons (Fsp3) is 0.250. The second-order valence-corrected chi connectivity index (χ2v) is 6.46. The number of amides is 3. The van der Waals surface area contributed by atoms with Gasteiger partial charge >= 0.3 is 0 Å². The summed E-state index contributed by atoms with van der Waals surface area (Å²) in [6, 6.07) is 14.6. The minimum atomic E-state index is -0.927. The van der Waals surface area contributed by atoms with E-state index in [2.05, 4.69) is 16.2 Å². The van der Waals surface area contributed by atoms with E-state index in [1.807, 2.05) is 31.2 Å². The molecule has 3 rings (SSSR count). The second kappa shape index (κ2) is 8.43. The molecule has 0 spiro atoms. The Hall–Kier alpha value is -3.55. The summed E-state index contributed by atoms with van der Waals surface area (Å²) in [5.41, 5.74) is 7.23. The van der Waals surface area contributed by atoms with E-state index in [4.69, 9.17) is 4.74 Å². The number of anilines is 2. The normalized spacial score (nSPS) is 15.1. The van der Waals surface area contributed by atoms with Gasteiger partial charge in [0.2, 0.25) is 5.91 Å². The Labute approximate surface area is 162 Å². The number of carbonyl (C=O) groups is 3. The van der Waals surface area contributed by atoms with Crippen LogP contribution < -0.4 is 25.8 Å². The average molecular weight is 382 g/mol. The van der Waals surface area contributed by atoms with Gasteiger partial charge in [-0.2, -0.15) is 0 Å². The molecule has 1 heterocycles. The van der Waals surface area contributed by atoms with E-state index >= 15 is 0 Å². The molecule has 0 fully saturated rings. The highest BCUT2D eigenvalue weighted by Gasteiger charge is 2.32. The molecule has 2 aromatic carbocycles. The molecule has 28 heavy (non-hydrogen) atoms. The Balaban J connectivity index is 1.52. The number of fused-ring (bicyclic) bond motifs is 1. The summed E-state index contributed by atoms with van der Waals surface area (Å²) < 4.78 is 5.67. The Morgan fingerprint density at radius 3 is 2.50 bits per heavy atom. The first-order valence-corrected chi connectivity index (χ1v) is 8.87. The lowest BCUT2D eigenvalue weighted by molar-refractivity contribution is -0.133. The van der Waals surface area contributed by atoms with Gasteiger partial charge in [0.15, 0.2) is 6.10 Å². The maximum Gasteiger partial charge on any atom is 0.281 e. The minimum absolute atomic E-state index is 0.00271. The van der Waals surface area contributed by atoms with E-state index in [0.717, 1.165) is 11.3 Å². The lowest BCUT2D eigenvalue weighted by atomic mass is 10.2. The van der Waals surface area contributed by atoms with Crippen LogP contribution in [0.1, 0.15) is 12.5 Å². The largest absolute Gasteiger partial charge is 0.476 e. The fourth-order valence-corrected chi connectivity index (χ4v) is 2.78. The van der Waals surface area contributed by atoms with Crippen LogP contribution in [0.3, 0.4) is 0 Å². The van der Waals surface area contributed by atoms with Crippen LogP contribution in [0.4, 0.5) is 11.4 Å². The molecule has 8 nitrogen and oxygen atoms in total. The van der Waals surface area contributed by atoms with Crippen molar-refractivity contribution in [2.24, 2.45) is 0 Å². The first-order valence-electron chi connectivity index (χ1n) is 8.87. The number of para-hydroxylation sites is 2. The second-order valence-electron chi connectivity index (χ2n) is 6.46. The first kappa shape index (κ1) is 19.2. The van der Waals surface area contributed by atoms with E-state index in [-0.39, 0.29) is 19.0 Å². The summed E-state index contributed by atoms with van der Waals surface area (Å²) in [6.07, 6.45) is -0.927. The number of benzene rings is 2. The van der Waals surface area contributed by atoms with Crippen molar-refractivity contribution in [1.29, 1.82) is 0 Å². The highest BCUT2D eigenvalue weighted by atomic mass is 16.5. The maximum atomic E-state index is 12.4. The number of aryl methyl sites for hydroxylation is 1. The summed E-state index contributed by atoms with van der Waals surface area (Å²) in [4.78, 5) is 37.7. The van der Waals surface area contributed by atoms with Crippen molar-refractivity contribution in [3.8, 4) is 5.75 Å². The third-order valence-electron chi connectivity index (χ3n) is 4.28. The van der Waals surface area contributed by atoms with Crippen LogP contribution >= 0.6 is 0 Å². The molecular weight excluding hydrogens is 360 g/mol. The number of hydrogen-bond acceptors (Lipinski definition) is 5. The molecule has 0 aromatic heterocycles. The Bertz CT molecular complexity index is 882. The van der Waals surface area contributed by atoms with E-state index in [1.165, 1.54) is 11.8 Å². The Kier molecular flexibility index (Phi) is 5.78. The van der Waals surface area contributed by atoms with Crippen LogP contribution in [-0.2, 0) is 14.4 Å². The van der Waals surface area contributed by atoms with Gasteiger partial charge in [-0.15, -0.1) is 0 Å². The highest BCUT2D eigenvalue weighted by molar-refractivity contribution is 5.96. The van der Waals surface area contributed by atoms with Crippen LogP contribution in [0.25, 0.3) is 0 Å². The zero-order valence-electron chi connectivity index (χ0n) is 15.7. The number of nitrogens with zero attached hydrogens (tertiary/aromatic N) is 1. The molecule has 0 saturated heterocycles. The Morgan fingerprint density at radius 2 is 1.79 bits per heavy atom. The van der Waals surface area contributed by atoms with Crippen LogP contribution in [0.2, 0.25) is 0 Å². The van der Waals surface area contributed by atoms with Crippen molar-refractivity contribution < 1.29 is 19.1 Å². The summed E-state index contributed by atoms with van der Waals surface area (Å²) in [5.74, 6) is -0.700. The highest BCUT2D eigenvalue weighted by Crippen LogP contribution is 2.33. The number of carbonyl (C=O) groups excluding carboxylic acids is 3. The lowest BCUT2D eigenvalue weighted by Gasteiger charge is -2.33. The van der Waals surface area contributed by atoms with Crippen molar-refractivity contribution in [3.05, 3.63) is 54.1 Å². The lowest BCUT2D eigenvalue weighted by Crippen LogP contribution is -2.54. The van der Waals surface area contributed by atoms with Gasteiger partial charge in [-0.1, -0.05) is 29.8 Å². The summed E-state index contributed by atoms with van der Waals surface area (Å²) in [6.45, 7) is 3.47. The fourth-order valence-electron chi connectivity index (χ4n) is 2.78. The minimum Gasteiger partial charge on any atom is -0.476 e. The van der Waals surface area contributed by atoms with Gasteiger partial charge in [0, 0.05) is 12.6 Å². The summed E-state index contributed by atoms with van der Waals surface area (Å²) >= 11 is 0. The SMILES string of the molecule is CC(=O)N1CC(C(=O)NNC(=O)CNc2ccc(C)cc2)Oc2ccccc21. The van der Waals surface area contributed by atoms with Gasteiger partial charge in [-0.3, -0.25) is 25.2 Å². The maximum absolute atomic E-state index is 12.4. The standard InChI is InChI=1S/C20H22N4O4/c1-13-7-9-15(10-8-13)21-11-19(26)22-23-20(27)18-12-24(14(2)25)16-5-3-4-6-17(16)28-18/h3-10,18,21H,11-12H2,1-2H3,(H,22,26)(H,23,27). The van der Waals surface area contributed by atoms with Crippen LogP contribution in [0.15, 0.2) is 48.5 Å². The van der Waals surface area contributed by atoms with Gasteiger partial charge in [0.1, 0.15) is 5.75 Å². The number of nitrogens with one attached hydrogen (secondary N) is 3. The molecule has 1 unspecified atom stereocenters. The number of hydrazine groups is 1. The van der Waals surface area contributed by atoms with Crippen molar-refractivity contribution in [1.82, 2.24) is 10.9 Å². The molecule has 1 aliphatic rings. The van der Waals surface area contributed by atoms with Crippen molar-refractivity contribution >= 4 is 29.1 Å². The average Bonchev–Trinajstić information content (AvgIpc) is 2.70. The smallest absolute Gasteiger partial charge is 0.281 e. The van der Waals surface area contributed by atoms with E-state index in [9.17, 15) is 14.4 Å². The summed E-state index contributed by atoms with van der Waals surface area (Å²) in [7, 11) is 0. The van der Waals surface area contributed by atoms with Crippen molar-refractivity contribution in [2.75, 3.05) is 23.3 Å². The van der Waals surface area contributed by atoms with Gasteiger partial charge in [0.05, 0.1) is 18.8 Å². The molecule has 3 amide bonds. The van der Waals surface area contributed by atoms with Crippen LogP contribution in [0.5, 0.6) is 5.75 Å². The first-order chi connectivity index (χ1) is 13.4. The molecule has 0 aliphatic carbocycles. The molecule has 8 heteroatoms. The van der Waals surface area contributed by atoms with Gasteiger partial charge in [-0.25, -0.2) is 0 Å². The topological polar surface area (TPSA) is 99.8 Å². The van der Waals surface area contributed by atoms with Crippen LogP contribution in [0, 0.1) is 6.92 Å². The zero-order chi connectivity index (χ0) is 20.1. The molecule has 146 valence electrons. The number of rotatable bonds is 4. The molecular formula is C20H22N4O4. The van der Waals surface area contributed by atoms with E-state index in [1.54, 1.807) is 24.3 Å². The predicted octanol–water partition coefficient (Wildman–Crippen LogP) is 1.37. The van der Waals surface area contributed by atoms with E-state index in [0.29, 0.717) is 11.4 Å². The van der Waals surface area contributed by atoms with Gasteiger partial charge in [0.25, 0.3) is 11.8 Å². The molecule has 0 bridgehead atoms. The van der Waals surface area contributed by atoms with Gasteiger partial charge in [-0.05, 0) is 31.2 Å². The quantitative estimate of drug-likeness (QED) is 0.694. The monoisotopic (exact) mass is 382 g/mol. The van der Waals surface area contributed by atoms with Crippen LogP contribution in [-0.4, -0.2) is 36.9 Å². The molecule has 1 atom stereocenters. The predicted molar refractivity (Wildman–Crippen MR) is 105 cm³/mol. The molecule has 0 radical (unpaired) electrons. The number of ether oxygens (including phenoxy) is 1. The third-order valence-corrected chi connectivity index (χ3v) is 4.28. The Morgan fingerprint density at radius 1 is 1.07 bits per heavy atom. The molecule has 3 N–H and O–H groups in total. The van der Waals surface area contributed by atoms with Crippen molar-refractivity contribution in [3.63, 3.8) is 0 Å². The zero-order valence-corrected chi connectivity index (χ0v) is 15.7. The molecule has 2 aromatic rings. The number of hydrogen-bond donors (Lipinski definition) is 3. The third kappa shape index (κ3) is 4.59. The van der Waals surface area contributed by atoms with E-state index < -0.39 is 17.9 Å². The summed E-state index contributed by atoms with van der Waals surface area (Å²) in [5, 5.41) is 2.96. The van der Waals surface area contributed by atoms with Gasteiger partial charge < -0.3 is 15.0 Å². The molecule has 1 aliphatic heterocycles. The molecule has 0 saturated carbocycles. The van der Waals surface area contributed by atoms with Crippen molar-refractivity contribution in [2.45, 2.75) is 20.0 Å².